The summed E-state index contributed by atoms with van der Waals surface area (Å²) in [5.41, 5.74) is 0.515. The molecule has 0 saturated carbocycles. The molecule has 0 saturated heterocycles. The molecule has 2 heterocycles. The third-order valence-electron chi connectivity index (χ3n) is 3.56. The number of hydrogen-bond donors (Lipinski definition) is 3. The maximum absolute atomic E-state index is 12.5. The largest absolute Gasteiger partial charge is 0.573 e. The number of halogens is 3. The second-order valence-electron chi connectivity index (χ2n) is 5.83. The van der Waals surface area contributed by atoms with Gasteiger partial charge >= 0.3 is 12.3 Å². The van der Waals surface area contributed by atoms with Gasteiger partial charge in [-0.15, -0.1) is 35.8 Å². The van der Waals surface area contributed by atoms with Crippen molar-refractivity contribution < 1.29 is 32.6 Å². The van der Waals surface area contributed by atoms with E-state index in [0.29, 0.717) is 15.4 Å². The first-order valence-corrected chi connectivity index (χ1v) is 10.0. The third-order valence-corrected chi connectivity index (χ3v) is 5.45. The lowest BCUT2D eigenvalue weighted by molar-refractivity contribution is -0.274. The number of aromatic nitrogens is 1. The van der Waals surface area contributed by atoms with E-state index in [0.717, 1.165) is 22.7 Å². The molecule has 0 spiro atoms. The normalized spacial score (nSPS) is 11.2. The average Bonchev–Trinajstić information content (AvgIpc) is 3.29. The number of thiazole rings is 1. The summed E-state index contributed by atoms with van der Waals surface area (Å²) in [5, 5.41) is 16.0. The first-order chi connectivity index (χ1) is 14.2. The number of alkyl halides is 3. The number of carbonyl (C=O) groups is 2. The molecule has 2 aromatic heterocycles. The standard InChI is InChI=1S/C18H14F3N3O4S2/c19-18(20,21)28-13-4-2-1-3-12(13)22-8-11-5-6-14(30-11)16(27)24-17-23-10(9-29-17)7-15(25)26/h1-6,9,22H,7-8H2,(H,25,26)(H,23,24,27). The predicted molar refractivity (Wildman–Crippen MR) is 106 cm³/mol. The first-order valence-electron chi connectivity index (χ1n) is 8.34. The highest BCUT2D eigenvalue weighted by Gasteiger charge is 2.32. The number of aliphatic carboxylic acids is 1. The number of carbonyl (C=O) groups excluding carboxylic acids is 1. The quantitative estimate of drug-likeness (QED) is 0.457. The van der Waals surface area contributed by atoms with Gasteiger partial charge in [0.1, 0.15) is 0 Å². The van der Waals surface area contributed by atoms with Gasteiger partial charge in [-0.1, -0.05) is 12.1 Å². The van der Waals surface area contributed by atoms with Crippen LogP contribution in [0.1, 0.15) is 20.2 Å². The lowest BCUT2D eigenvalue weighted by Crippen LogP contribution is -2.18. The number of amides is 1. The van der Waals surface area contributed by atoms with Crippen molar-refractivity contribution in [2.45, 2.75) is 19.3 Å². The molecule has 7 nitrogen and oxygen atoms in total. The van der Waals surface area contributed by atoms with Gasteiger partial charge in [0.15, 0.2) is 10.9 Å². The third kappa shape index (κ3) is 6.19. The van der Waals surface area contributed by atoms with E-state index in [9.17, 15) is 22.8 Å². The van der Waals surface area contributed by atoms with Crippen molar-refractivity contribution in [3.63, 3.8) is 0 Å². The summed E-state index contributed by atoms with van der Waals surface area (Å²) < 4.78 is 41.5. The molecule has 1 amide bonds. The molecule has 0 atom stereocenters. The van der Waals surface area contributed by atoms with Crippen molar-refractivity contribution in [3.8, 4) is 5.75 Å². The molecule has 1 aromatic carbocycles. The molecule has 3 rings (SSSR count). The number of carboxylic acids is 1. The Balaban J connectivity index is 1.60. The zero-order valence-corrected chi connectivity index (χ0v) is 16.7. The number of anilines is 2. The number of rotatable bonds is 8. The van der Waals surface area contributed by atoms with Crippen molar-refractivity contribution >= 4 is 45.4 Å². The van der Waals surface area contributed by atoms with Crippen LogP contribution in [-0.4, -0.2) is 28.3 Å². The van der Waals surface area contributed by atoms with E-state index in [1.54, 1.807) is 23.6 Å². The zero-order chi connectivity index (χ0) is 21.7. The number of nitrogens with one attached hydrogen (secondary N) is 2. The van der Waals surface area contributed by atoms with E-state index in [4.69, 9.17) is 5.11 Å². The van der Waals surface area contributed by atoms with Gasteiger partial charge in [-0.2, -0.15) is 0 Å². The van der Waals surface area contributed by atoms with Gasteiger partial charge < -0.3 is 15.2 Å². The second-order valence-corrected chi connectivity index (χ2v) is 7.86. The SMILES string of the molecule is O=C(O)Cc1csc(NC(=O)c2ccc(CNc3ccccc3OC(F)(F)F)s2)n1. The minimum Gasteiger partial charge on any atom is -0.481 e. The van der Waals surface area contributed by atoms with Crippen LogP contribution in [0.15, 0.2) is 41.8 Å². The number of thiophene rings is 1. The summed E-state index contributed by atoms with van der Waals surface area (Å²) in [7, 11) is 0. The average molecular weight is 457 g/mol. The van der Waals surface area contributed by atoms with E-state index >= 15 is 0 Å². The summed E-state index contributed by atoms with van der Waals surface area (Å²) in [6, 6.07) is 8.93. The Labute approximate surface area is 176 Å². The minimum atomic E-state index is -4.80. The van der Waals surface area contributed by atoms with Crippen LogP contribution in [0.4, 0.5) is 24.0 Å². The lowest BCUT2D eigenvalue weighted by Gasteiger charge is -2.14. The van der Waals surface area contributed by atoms with E-state index in [1.807, 2.05) is 0 Å². The van der Waals surface area contributed by atoms with Gasteiger partial charge in [0.2, 0.25) is 0 Å². The molecule has 3 aromatic rings. The van der Waals surface area contributed by atoms with E-state index in [1.165, 1.54) is 18.2 Å². The summed E-state index contributed by atoms with van der Waals surface area (Å²) >= 11 is 2.28. The van der Waals surface area contributed by atoms with E-state index in [2.05, 4.69) is 20.4 Å². The van der Waals surface area contributed by atoms with Crippen molar-refractivity contribution in [3.05, 3.63) is 57.2 Å². The highest BCUT2D eigenvalue weighted by molar-refractivity contribution is 7.15. The predicted octanol–water partition coefficient (Wildman–Crippen LogP) is 4.59. The molecule has 0 radical (unpaired) electrons. The number of hydrogen-bond acceptors (Lipinski definition) is 7. The topological polar surface area (TPSA) is 101 Å². The second kappa shape index (κ2) is 9.13. The van der Waals surface area contributed by atoms with E-state index in [-0.39, 0.29) is 29.5 Å². The van der Waals surface area contributed by atoms with Gasteiger partial charge in [0.25, 0.3) is 5.91 Å². The fourth-order valence-electron chi connectivity index (χ4n) is 2.36. The molecule has 0 fully saturated rings. The summed E-state index contributed by atoms with van der Waals surface area (Å²) in [4.78, 5) is 28.1. The van der Waals surface area contributed by atoms with Crippen LogP contribution in [0.5, 0.6) is 5.75 Å². The van der Waals surface area contributed by atoms with Gasteiger partial charge in [-0.25, -0.2) is 4.98 Å². The molecule has 158 valence electrons. The Bertz CT molecular complexity index is 1050. The Morgan fingerprint density at radius 3 is 2.67 bits per heavy atom. The summed E-state index contributed by atoms with van der Waals surface area (Å²) in [6.07, 6.45) is -5.03. The number of carboxylic acid groups (broad SMARTS) is 1. The number of nitrogens with zero attached hydrogens (tertiary/aromatic N) is 1. The monoisotopic (exact) mass is 457 g/mol. The van der Waals surface area contributed by atoms with Crippen molar-refractivity contribution in [2.75, 3.05) is 10.6 Å². The molecular weight excluding hydrogens is 443 g/mol. The number of ether oxygens (including phenoxy) is 1. The zero-order valence-electron chi connectivity index (χ0n) is 15.0. The number of benzene rings is 1. The van der Waals surface area contributed by atoms with Gasteiger partial charge in [-0.3, -0.25) is 14.9 Å². The maximum atomic E-state index is 12.5. The Kier molecular flexibility index (Phi) is 6.57. The smallest absolute Gasteiger partial charge is 0.481 e. The fourth-order valence-corrected chi connectivity index (χ4v) is 3.91. The molecule has 0 aliphatic carbocycles. The molecule has 0 aliphatic heterocycles. The first kappa shape index (κ1) is 21.6. The fraction of sp³-hybridized carbons (Fsp3) is 0.167. The van der Waals surface area contributed by atoms with Crippen molar-refractivity contribution in [2.24, 2.45) is 0 Å². The molecule has 0 unspecified atom stereocenters. The maximum Gasteiger partial charge on any atom is 0.573 e. The molecule has 3 N–H and O–H groups in total. The molecule has 30 heavy (non-hydrogen) atoms. The number of para-hydroxylation sites is 2. The van der Waals surface area contributed by atoms with Crippen LogP contribution < -0.4 is 15.4 Å². The minimum absolute atomic E-state index is 0.169. The van der Waals surface area contributed by atoms with Crippen molar-refractivity contribution in [1.29, 1.82) is 0 Å². The van der Waals surface area contributed by atoms with Gasteiger partial charge in [0.05, 0.1) is 22.7 Å². The van der Waals surface area contributed by atoms with Crippen molar-refractivity contribution in [1.82, 2.24) is 4.98 Å². The molecular formula is C18H14F3N3O4S2. The highest BCUT2D eigenvalue weighted by Crippen LogP contribution is 2.30. The van der Waals surface area contributed by atoms with Gasteiger partial charge in [-0.05, 0) is 24.3 Å². The van der Waals surface area contributed by atoms with Crippen LogP contribution in [0.2, 0.25) is 0 Å². The van der Waals surface area contributed by atoms with Gasteiger partial charge in [0, 0.05) is 16.8 Å². The summed E-state index contributed by atoms with van der Waals surface area (Å²) in [5.74, 6) is -1.78. The van der Waals surface area contributed by atoms with E-state index < -0.39 is 18.2 Å². The van der Waals surface area contributed by atoms with Crippen LogP contribution in [0.3, 0.4) is 0 Å². The van der Waals surface area contributed by atoms with Crippen LogP contribution in [0.25, 0.3) is 0 Å². The lowest BCUT2D eigenvalue weighted by atomic mass is 10.3. The highest BCUT2D eigenvalue weighted by atomic mass is 32.1. The molecule has 0 bridgehead atoms. The molecule has 0 aliphatic rings. The summed E-state index contributed by atoms with van der Waals surface area (Å²) in [6.45, 7) is 0.191. The Morgan fingerprint density at radius 2 is 1.93 bits per heavy atom. The molecule has 12 heteroatoms. The van der Waals surface area contributed by atoms with Crippen LogP contribution in [0, 0.1) is 0 Å². The Morgan fingerprint density at radius 1 is 1.17 bits per heavy atom. The van der Waals surface area contributed by atoms with Crippen LogP contribution in [-0.2, 0) is 17.8 Å². The van der Waals surface area contributed by atoms with Crippen LogP contribution >= 0.6 is 22.7 Å². The Hall–Kier alpha value is -3.12.